The zero-order valence-electron chi connectivity index (χ0n) is 19.5. The number of aryl methyl sites for hydroxylation is 1. The van der Waals surface area contributed by atoms with E-state index in [4.69, 9.17) is 19.3 Å². The van der Waals surface area contributed by atoms with Crippen LogP contribution in [0.25, 0.3) is 11.3 Å². The van der Waals surface area contributed by atoms with E-state index in [0.717, 1.165) is 22.6 Å². The number of hydrogen-bond acceptors (Lipinski definition) is 6. The molecule has 3 rings (SSSR count). The van der Waals surface area contributed by atoms with E-state index in [2.05, 4.69) is 18.7 Å². The average molecular weight is 440 g/mol. The lowest BCUT2D eigenvalue weighted by atomic mass is 10.1. The van der Waals surface area contributed by atoms with Gasteiger partial charge < -0.3 is 19.3 Å². The summed E-state index contributed by atoms with van der Waals surface area (Å²) in [7, 11) is 5.12. The Morgan fingerprint density at radius 1 is 1.00 bits per heavy atom. The fraction of sp³-hybridized carbons (Fsp3) is 0.400. The molecule has 1 heterocycles. The Balaban J connectivity index is 1.99. The van der Waals surface area contributed by atoms with Crippen molar-refractivity contribution in [3.05, 3.63) is 60.2 Å². The van der Waals surface area contributed by atoms with Crippen LogP contribution in [0, 0.1) is 0 Å². The molecular weight excluding hydrogens is 406 g/mol. The van der Waals surface area contributed by atoms with Gasteiger partial charge in [0, 0.05) is 38.9 Å². The summed E-state index contributed by atoms with van der Waals surface area (Å²) in [5.41, 5.74) is 2.85. The van der Waals surface area contributed by atoms with Crippen LogP contribution in [0.4, 0.5) is 0 Å². The quantitative estimate of drug-likeness (QED) is 0.485. The lowest BCUT2D eigenvalue weighted by Gasteiger charge is -2.29. The third-order valence-electron chi connectivity index (χ3n) is 5.30. The minimum Gasteiger partial charge on any atom is -0.497 e. The maximum absolute atomic E-state index is 10.4. The maximum atomic E-state index is 10.4. The second-order valence-electron chi connectivity index (χ2n) is 8.03. The van der Waals surface area contributed by atoms with Crippen LogP contribution in [0.2, 0.25) is 0 Å². The van der Waals surface area contributed by atoms with Gasteiger partial charge in [0.15, 0.2) is 0 Å². The SMILES string of the molecule is COCC(O)CN(Cc1c(-c2ccccc2)nn(C)c1Oc1ccc(OC)cc1)C(C)C. The predicted octanol–water partition coefficient (Wildman–Crippen LogP) is 4.11. The highest BCUT2D eigenvalue weighted by Gasteiger charge is 2.24. The van der Waals surface area contributed by atoms with E-state index in [1.165, 1.54) is 0 Å². The third kappa shape index (κ3) is 5.88. The molecule has 0 spiro atoms. The number of aliphatic hydroxyl groups is 1. The second-order valence-corrected chi connectivity index (χ2v) is 8.03. The van der Waals surface area contributed by atoms with Crippen LogP contribution in [-0.4, -0.2) is 59.3 Å². The molecule has 0 amide bonds. The Morgan fingerprint density at radius 2 is 1.66 bits per heavy atom. The second kappa shape index (κ2) is 11.1. The molecule has 0 aliphatic heterocycles. The molecule has 0 radical (unpaired) electrons. The molecule has 32 heavy (non-hydrogen) atoms. The highest BCUT2D eigenvalue weighted by atomic mass is 16.5. The first-order valence-corrected chi connectivity index (χ1v) is 10.8. The maximum Gasteiger partial charge on any atom is 0.222 e. The van der Waals surface area contributed by atoms with Crippen LogP contribution in [0.3, 0.4) is 0 Å². The first-order chi connectivity index (χ1) is 15.4. The van der Waals surface area contributed by atoms with Gasteiger partial charge in [-0.1, -0.05) is 30.3 Å². The zero-order chi connectivity index (χ0) is 23.1. The summed E-state index contributed by atoms with van der Waals surface area (Å²) >= 11 is 0. The highest BCUT2D eigenvalue weighted by molar-refractivity contribution is 5.65. The normalized spacial score (nSPS) is 12.4. The van der Waals surface area contributed by atoms with Crippen LogP contribution >= 0.6 is 0 Å². The van der Waals surface area contributed by atoms with Gasteiger partial charge in [-0.25, -0.2) is 4.68 Å². The summed E-state index contributed by atoms with van der Waals surface area (Å²) < 4.78 is 18.5. The fourth-order valence-electron chi connectivity index (χ4n) is 3.58. The monoisotopic (exact) mass is 439 g/mol. The van der Waals surface area contributed by atoms with Gasteiger partial charge in [0.1, 0.15) is 17.2 Å². The Kier molecular flexibility index (Phi) is 8.27. The van der Waals surface area contributed by atoms with Gasteiger partial charge >= 0.3 is 0 Å². The number of nitrogens with zero attached hydrogens (tertiary/aromatic N) is 3. The molecule has 0 saturated heterocycles. The van der Waals surface area contributed by atoms with E-state index in [1.807, 2.05) is 61.6 Å². The Morgan fingerprint density at radius 3 is 2.25 bits per heavy atom. The number of hydrogen-bond donors (Lipinski definition) is 1. The van der Waals surface area contributed by atoms with E-state index >= 15 is 0 Å². The van der Waals surface area contributed by atoms with Crippen molar-refractivity contribution in [3.8, 4) is 28.6 Å². The largest absolute Gasteiger partial charge is 0.497 e. The summed E-state index contributed by atoms with van der Waals surface area (Å²) in [5, 5.41) is 15.2. The van der Waals surface area contributed by atoms with Gasteiger partial charge in [0.2, 0.25) is 5.88 Å². The van der Waals surface area contributed by atoms with Gasteiger partial charge in [-0.3, -0.25) is 4.90 Å². The van der Waals surface area contributed by atoms with Gasteiger partial charge in [-0.15, -0.1) is 0 Å². The van der Waals surface area contributed by atoms with Crippen LogP contribution in [-0.2, 0) is 18.3 Å². The molecule has 7 heteroatoms. The lowest BCUT2D eigenvalue weighted by molar-refractivity contribution is 0.0278. The summed E-state index contributed by atoms with van der Waals surface area (Å²) in [5.74, 6) is 2.14. The molecule has 1 aromatic heterocycles. The average Bonchev–Trinajstić information content (AvgIpc) is 3.09. The predicted molar refractivity (Wildman–Crippen MR) is 125 cm³/mol. The molecule has 0 saturated carbocycles. The highest BCUT2D eigenvalue weighted by Crippen LogP contribution is 2.35. The fourth-order valence-corrected chi connectivity index (χ4v) is 3.58. The summed E-state index contributed by atoms with van der Waals surface area (Å²) in [6.07, 6.45) is -0.579. The van der Waals surface area contributed by atoms with E-state index in [0.29, 0.717) is 24.7 Å². The first kappa shape index (κ1) is 23.8. The van der Waals surface area contributed by atoms with Crippen molar-refractivity contribution >= 4 is 0 Å². The number of methoxy groups -OCH3 is 2. The molecule has 0 aliphatic carbocycles. The topological polar surface area (TPSA) is 69.0 Å². The molecule has 7 nitrogen and oxygen atoms in total. The van der Waals surface area contributed by atoms with Gasteiger partial charge in [0.05, 0.1) is 25.4 Å². The number of aromatic nitrogens is 2. The summed E-state index contributed by atoms with van der Waals surface area (Å²) in [4.78, 5) is 2.20. The standard InChI is InChI=1S/C25H33N3O4/c1-18(2)28(15-20(29)17-30-4)16-23-24(19-9-7-6-8-10-19)26-27(3)25(23)32-22-13-11-21(31-5)12-14-22/h6-14,18,20,29H,15-17H2,1-5H3. The molecule has 0 bridgehead atoms. The number of aliphatic hydroxyl groups excluding tert-OH is 1. The molecule has 1 atom stereocenters. The Labute approximate surface area is 190 Å². The number of ether oxygens (including phenoxy) is 3. The van der Waals surface area contributed by atoms with Crippen LogP contribution in [0.5, 0.6) is 17.4 Å². The minimum atomic E-state index is -0.579. The van der Waals surface area contributed by atoms with Gasteiger partial charge in [-0.2, -0.15) is 5.10 Å². The summed E-state index contributed by atoms with van der Waals surface area (Å²) in [6.45, 7) is 5.57. The van der Waals surface area contributed by atoms with Crippen molar-refractivity contribution in [1.82, 2.24) is 14.7 Å². The first-order valence-electron chi connectivity index (χ1n) is 10.8. The Bertz CT molecular complexity index is 971. The molecule has 3 aromatic rings. The van der Waals surface area contributed by atoms with Crippen molar-refractivity contribution < 1.29 is 19.3 Å². The zero-order valence-corrected chi connectivity index (χ0v) is 19.5. The van der Waals surface area contributed by atoms with E-state index in [-0.39, 0.29) is 12.6 Å². The molecule has 0 aliphatic rings. The molecule has 1 unspecified atom stereocenters. The number of benzene rings is 2. The molecular formula is C25H33N3O4. The van der Waals surface area contributed by atoms with Crippen LogP contribution in [0.1, 0.15) is 19.4 Å². The van der Waals surface area contributed by atoms with Crippen LogP contribution < -0.4 is 9.47 Å². The Hall–Kier alpha value is -2.87. The van der Waals surface area contributed by atoms with Crippen molar-refractivity contribution in [2.45, 2.75) is 32.5 Å². The summed E-state index contributed by atoms with van der Waals surface area (Å²) in [6, 6.07) is 17.8. The van der Waals surface area contributed by atoms with Crippen molar-refractivity contribution in [3.63, 3.8) is 0 Å². The molecule has 172 valence electrons. The lowest BCUT2D eigenvalue weighted by Crippen LogP contribution is -2.38. The van der Waals surface area contributed by atoms with Gasteiger partial charge in [-0.05, 0) is 38.1 Å². The van der Waals surface area contributed by atoms with Crippen molar-refractivity contribution in [2.24, 2.45) is 7.05 Å². The third-order valence-corrected chi connectivity index (χ3v) is 5.30. The van der Waals surface area contributed by atoms with Crippen LogP contribution in [0.15, 0.2) is 54.6 Å². The van der Waals surface area contributed by atoms with Crippen molar-refractivity contribution in [1.29, 1.82) is 0 Å². The smallest absolute Gasteiger partial charge is 0.222 e. The van der Waals surface area contributed by atoms with E-state index < -0.39 is 6.10 Å². The van der Waals surface area contributed by atoms with Gasteiger partial charge in [0.25, 0.3) is 0 Å². The van der Waals surface area contributed by atoms with E-state index in [9.17, 15) is 5.11 Å². The minimum absolute atomic E-state index is 0.208. The molecule has 0 fully saturated rings. The number of rotatable bonds is 11. The molecule has 2 aromatic carbocycles. The van der Waals surface area contributed by atoms with E-state index in [1.54, 1.807) is 18.9 Å². The van der Waals surface area contributed by atoms with Crippen molar-refractivity contribution in [2.75, 3.05) is 27.4 Å². The molecule has 1 N–H and O–H groups in total.